The zero-order valence-electron chi connectivity index (χ0n) is 19.6. The minimum Gasteiger partial charge on any atom is -0.484 e. The third kappa shape index (κ3) is 5.55. The first kappa shape index (κ1) is 25.6. The molecule has 0 aliphatic carbocycles. The molecule has 3 aromatic rings. The highest BCUT2D eigenvalue weighted by Crippen LogP contribution is 2.37. The van der Waals surface area contributed by atoms with Crippen LogP contribution in [0.4, 0.5) is 8.78 Å². The molecule has 1 unspecified atom stereocenters. The van der Waals surface area contributed by atoms with Crippen LogP contribution in [0.3, 0.4) is 0 Å². The van der Waals surface area contributed by atoms with Gasteiger partial charge in [0, 0.05) is 17.0 Å². The molecule has 0 saturated heterocycles. The third-order valence-corrected chi connectivity index (χ3v) is 5.98. The highest BCUT2D eigenvalue weighted by atomic mass is 31.0. The maximum Gasteiger partial charge on any atom is 0.408 e. The molecule has 6 nitrogen and oxygen atoms in total. The number of hydrogen-bond acceptors (Lipinski definition) is 6. The molecule has 1 heterocycles. The van der Waals surface area contributed by atoms with E-state index in [4.69, 9.17) is 18.6 Å². The van der Waals surface area contributed by atoms with E-state index in [1.165, 1.54) is 15.3 Å². The van der Waals surface area contributed by atoms with Gasteiger partial charge in [-0.15, -0.1) is 0 Å². The van der Waals surface area contributed by atoms with Crippen LogP contribution >= 0.6 is 9.24 Å². The average Bonchev–Trinajstić information content (AvgIpc) is 2.72. The van der Waals surface area contributed by atoms with E-state index < -0.39 is 22.7 Å². The number of ether oxygens (including phenoxy) is 3. The number of alkyl halides is 2. The lowest BCUT2D eigenvalue weighted by molar-refractivity contribution is -0.161. The van der Waals surface area contributed by atoms with E-state index in [0.717, 1.165) is 5.56 Å². The van der Waals surface area contributed by atoms with Gasteiger partial charge in [0.2, 0.25) is 0 Å². The van der Waals surface area contributed by atoms with Crippen LogP contribution in [-0.4, -0.2) is 23.5 Å². The summed E-state index contributed by atoms with van der Waals surface area (Å²) in [5.74, 6) is -3.22. The smallest absolute Gasteiger partial charge is 0.408 e. The van der Waals surface area contributed by atoms with Crippen molar-refractivity contribution in [3.63, 3.8) is 0 Å². The Morgan fingerprint density at radius 2 is 1.68 bits per heavy atom. The lowest BCUT2D eigenvalue weighted by Crippen LogP contribution is -2.51. The van der Waals surface area contributed by atoms with Crippen LogP contribution < -0.4 is 15.1 Å². The quantitative estimate of drug-likeness (QED) is 0.209. The lowest BCUT2D eigenvalue weighted by Gasteiger charge is -2.39. The van der Waals surface area contributed by atoms with Crippen molar-refractivity contribution in [2.24, 2.45) is 0 Å². The predicted octanol–water partition coefficient (Wildman–Crippen LogP) is 5.94. The van der Waals surface area contributed by atoms with Crippen molar-refractivity contribution in [1.82, 2.24) is 0 Å². The van der Waals surface area contributed by atoms with E-state index in [-0.39, 0.29) is 22.5 Å². The summed E-state index contributed by atoms with van der Waals surface area (Å²) < 4.78 is 48.7. The van der Waals surface area contributed by atoms with Gasteiger partial charge in [0.25, 0.3) is 6.47 Å². The monoisotopic (exact) mass is 492 g/mol. The molecule has 34 heavy (non-hydrogen) atoms. The molecular weight excluding hydrogens is 465 g/mol. The number of carbonyl (C=O) groups is 1. The molecule has 9 heteroatoms. The van der Waals surface area contributed by atoms with Crippen molar-refractivity contribution < 1.29 is 32.2 Å². The topological polar surface area (TPSA) is 75.0 Å². The van der Waals surface area contributed by atoms with Crippen molar-refractivity contribution in [1.29, 1.82) is 0 Å². The van der Waals surface area contributed by atoms with E-state index in [1.54, 1.807) is 64.1 Å². The first-order chi connectivity index (χ1) is 15.8. The van der Waals surface area contributed by atoms with Gasteiger partial charge in [0.1, 0.15) is 28.3 Å². The number of aryl methyl sites for hydroxylation is 1. The zero-order valence-corrected chi connectivity index (χ0v) is 20.8. The molecule has 0 radical (unpaired) electrons. The Morgan fingerprint density at radius 1 is 0.971 bits per heavy atom. The summed E-state index contributed by atoms with van der Waals surface area (Å²) in [6.07, 6.45) is 0.610. The van der Waals surface area contributed by atoms with Crippen LogP contribution in [0.25, 0.3) is 22.1 Å². The summed E-state index contributed by atoms with van der Waals surface area (Å²) in [7, 11) is 1.33. The van der Waals surface area contributed by atoms with Crippen LogP contribution in [0.1, 0.15) is 40.2 Å². The molecule has 1 atom stereocenters. The van der Waals surface area contributed by atoms with Gasteiger partial charge in [-0.1, -0.05) is 19.1 Å². The summed E-state index contributed by atoms with van der Waals surface area (Å²) in [5, 5.41) is 0.561. The molecule has 2 aromatic carbocycles. The molecule has 0 bridgehead atoms. The average molecular weight is 492 g/mol. The van der Waals surface area contributed by atoms with Crippen LogP contribution in [0.2, 0.25) is 0 Å². The molecule has 182 valence electrons. The SMILES string of the molecule is CCc1ccc(-c2cc3ccc(OC(C)(C)C(C)(C)OC=O)cc3oc2=O)c(OC(F)(F)P)c1. The number of rotatable bonds is 9. The van der Waals surface area contributed by atoms with E-state index in [0.29, 0.717) is 24.0 Å². The standard InChI is InChI=1S/C25H27F2O6P/c1-6-15-7-10-18(21(11-15)33-25(26,27)34)19-12-16-8-9-17(13-20(16)31-22(19)29)32-24(4,5)23(2,3)30-14-28/h7-14H,6,34H2,1-5H3. The summed E-state index contributed by atoms with van der Waals surface area (Å²) in [6.45, 7) is 9.22. The minimum absolute atomic E-state index is 0.0916. The van der Waals surface area contributed by atoms with Gasteiger partial charge in [-0.25, -0.2) is 4.79 Å². The zero-order chi connectivity index (χ0) is 25.3. The van der Waals surface area contributed by atoms with Gasteiger partial charge in [0.15, 0.2) is 0 Å². The lowest BCUT2D eigenvalue weighted by atomic mass is 9.89. The number of carbonyl (C=O) groups excluding carboxylic acids is 1. The summed E-state index contributed by atoms with van der Waals surface area (Å²) >= 11 is 0. The largest absolute Gasteiger partial charge is 0.484 e. The normalized spacial score (nSPS) is 12.5. The molecule has 3 rings (SSSR count). The van der Waals surface area contributed by atoms with E-state index in [9.17, 15) is 18.4 Å². The van der Waals surface area contributed by atoms with Gasteiger partial charge >= 0.3 is 11.5 Å². The highest BCUT2D eigenvalue weighted by Gasteiger charge is 2.41. The minimum atomic E-state index is -3.50. The van der Waals surface area contributed by atoms with E-state index in [1.807, 2.05) is 6.92 Å². The number of hydrogen-bond donors (Lipinski definition) is 0. The van der Waals surface area contributed by atoms with Crippen LogP contribution in [-0.2, 0) is 16.0 Å². The Kier molecular flexibility index (Phi) is 7.04. The summed E-state index contributed by atoms with van der Waals surface area (Å²) in [6, 6.07) is 11.3. The molecule has 0 N–H and O–H groups in total. The second kappa shape index (κ2) is 9.34. The molecule has 0 saturated carbocycles. The Morgan fingerprint density at radius 3 is 2.29 bits per heavy atom. The van der Waals surface area contributed by atoms with Gasteiger partial charge in [-0.05, 0) is 73.2 Å². The van der Waals surface area contributed by atoms with Crippen LogP contribution in [0, 0.1) is 0 Å². The van der Waals surface area contributed by atoms with Crippen molar-refractivity contribution >= 4 is 26.7 Å². The van der Waals surface area contributed by atoms with E-state index >= 15 is 0 Å². The Labute approximate surface area is 198 Å². The van der Waals surface area contributed by atoms with Gasteiger partial charge in [-0.2, -0.15) is 8.78 Å². The number of fused-ring (bicyclic) bond motifs is 1. The van der Waals surface area contributed by atoms with Crippen molar-refractivity contribution in [2.45, 2.75) is 58.1 Å². The fourth-order valence-electron chi connectivity index (χ4n) is 3.26. The second-order valence-electron chi connectivity index (χ2n) is 8.83. The van der Waals surface area contributed by atoms with Crippen LogP contribution in [0.15, 0.2) is 51.7 Å². The fraction of sp³-hybridized carbons (Fsp3) is 0.360. The molecule has 0 aliphatic heterocycles. The first-order valence-electron chi connectivity index (χ1n) is 10.6. The number of halogens is 2. The number of benzene rings is 2. The molecule has 0 amide bonds. The summed E-state index contributed by atoms with van der Waals surface area (Å²) in [4.78, 5) is 23.7. The Hall–Kier alpha value is -2.99. The van der Waals surface area contributed by atoms with Crippen LogP contribution in [0.5, 0.6) is 11.5 Å². The van der Waals surface area contributed by atoms with Crippen molar-refractivity contribution in [3.8, 4) is 22.6 Å². The molecular formula is C25H27F2O6P. The Bertz CT molecular complexity index is 1260. The molecule has 1 aromatic heterocycles. The van der Waals surface area contributed by atoms with Gasteiger partial charge in [-0.3, -0.25) is 4.79 Å². The summed E-state index contributed by atoms with van der Waals surface area (Å²) in [5.41, 5.74) is -1.23. The highest BCUT2D eigenvalue weighted by molar-refractivity contribution is 7.17. The first-order valence-corrected chi connectivity index (χ1v) is 11.2. The second-order valence-corrected chi connectivity index (χ2v) is 9.50. The maximum atomic E-state index is 13.6. The third-order valence-electron chi connectivity index (χ3n) is 5.86. The van der Waals surface area contributed by atoms with E-state index in [2.05, 4.69) is 0 Å². The van der Waals surface area contributed by atoms with Gasteiger partial charge in [0.05, 0.1) is 5.56 Å². The van der Waals surface area contributed by atoms with Crippen molar-refractivity contribution in [3.05, 3.63) is 58.4 Å². The molecule has 0 fully saturated rings. The molecule has 0 aliphatic rings. The predicted molar refractivity (Wildman–Crippen MR) is 129 cm³/mol. The Balaban J connectivity index is 2.04. The van der Waals surface area contributed by atoms with Gasteiger partial charge < -0.3 is 18.6 Å². The molecule has 0 spiro atoms. The maximum absolute atomic E-state index is 13.6. The van der Waals surface area contributed by atoms with Crippen molar-refractivity contribution in [2.75, 3.05) is 0 Å². The fourth-order valence-corrected chi connectivity index (χ4v) is 3.39.